The Morgan fingerprint density at radius 3 is 1.67 bits per heavy atom. The van der Waals surface area contributed by atoms with E-state index in [1.54, 1.807) is 6.08 Å². The molecule has 3 atom stereocenters. The zero-order valence-electron chi connectivity index (χ0n) is 37.2. The summed E-state index contributed by atoms with van der Waals surface area (Å²) in [6.07, 6.45) is 39.5. The minimum absolute atomic E-state index is 0.0186. The number of esters is 2. The normalized spacial score (nSPS) is 14.4. The monoisotopic (exact) mass is 829 g/mol. The molecule has 57 heavy (non-hydrogen) atoms. The summed E-state index contributed by atoms with van der Waals surface area (Å²) >= 11 is 0. The molecule has 0 aliphatic carbocycles. The molecule has 0 aliphatic rings. The number of hydrogen-bond donors (Lipinski definition) is 2. The van der Waals surface area contributed by atoms with Crippen molar-refractivity contribution in [2.45, 2.75) is 199 Å². The number of carbonyl (C=O) groups is 2. The van der Waals surface area contributed by atoms with Crippen LogP contribution in [0.1, 0.15) is 187 Å². The number of phosphoric acid groups is 1. The SMILES string of the molecule is CC/C=C/CC(O)/C=C/C=C/CCCCCCCC(=O)O[C@H](COC(=O)CCCCCCCCCCCCCCCCCCC)COP(=O)(O)OCC[N+](C)(C)C. The summed E-state index contributed by atoms with van der Waals surface area (Å²) in [5.41, 5.74) is 0. The van der Waals surface area contributed by atoms with Gasteiger partial charge in [-0.15, -0.1) is 0 Å². The number of phosphoric ester groups is 1. The molecule has 0 radical (unpaired) electrons. The topological polar surface area (TPSA) is 129 Å². The summed E-state index contributed by atoms with van der Waals surface area (Å²) in [7, 11) is 1.43. The van der Waals surface area contributed by atoms with Gasteiger partial charge in [-0.2, -0.15) is 0 Å². The summed E-state index contributed by atoms with van der Waals surface area (Å²) in [5.74, 6) is -0.847. The molecule has 0 spiro atoms. The minimum atomic E-state index is -4.39. The number of unbranched alkanes of at least 4 members (excludes halogenated alkanes) is 21. The van der Waals surface area contributed by atoms with Crippen molar-refractivity contribution in [1.29, 1.82) is 0 Å². The smallest absolute Gasteiger partial charge is 0.462 e. The van der Waals surface area contributed by atoms with Gasteiger partial charge in [0.25, 0.3) is 0 Å². The average molecular weight is 829 g/mol. The Bertz CT molecular complexity index is 1090. The largest absolute Gasteiger partial charge is 0.472 e. The van der Waals surface area contributed by atoms with E-state index in [2.05, 4.69) is 19.9 Å². The molecule has 0 aliphatic heterocycles. The van der Waals surface area contributed by atoms with Gasteiger partial charge in [0.2, 0.25) is 0 Å². The van der Waals surface area contributed by atoms with Crippen LogP contribution in [0.25, 0.3) is 0 Å². The van der Waals surface area contributed by atoms with Gasteiger partial charge in [0.1, 0.15) is 19.8 Å². The van der Waals surface area contributed by atoms with E-state index >= 15 is 0 Å². The Morgan fingerprint density at radius 1 is 0.632 bits per heavy atom. The van der Waals surface area contributed by atoms with Crippen molar-refractivity contribution >= 4 is 19.8 Å². The van der Waals surface area contributed by atoms with Crippen molar-refractivity contribution in [2.75, 3.05) is 47.5 Å². The van der Waals surface area contributed by atoms with Gasteiger partial charge in [0, 0.05) is 12.8 Å². The van der Waals surface area contributed by atoms with Crippen LogP contribution in [-0.2, 0) is 32.7 Å². The van der Waals surface area contributed by atoms with Gasteiger partial charge in [0.15, 0.2) is 6.10 Å². The fourth-order valence-electron chi connectivity index (χ4n) is 6.17. The second-order valence-electron chi connectivity index (χ2n) is 16.6. The molecule has 0 saturated carbocycles. The molecule has 2 N–H and O–H groups in total. The van der Waals surface area contributed by atoms with E-state index in [9.17, 15) is 24.2 Å². The first-order valence-electron chi connectivity index (χ1n) is 22.8. The van der Waals surface area contributed by atoms with Gasteiger partial charge in [-0.25, -0.2) is 4.57 Å². The highest BCUT2D eigenvalue weighted by Crippen LogP contribution is 2.43. The van der Waals surface area contributed by atoms with Crippen LogP contribution in [-0.4, -0.2) is 86.1 Å². The number of aliphatic hydroxyl groups is 1. The zero-order chi connectivity index (χ0) is 42.3. The van der Waals surface area contributed by atoms with E-state index < -0.39 is 32.6 Å². The number of likely N-dealkylation sites (N-methyl/N-ethyl adjacent to an activating group) is 1. The maximum absolute atomic E-state index is 12.7. The van der Waals surface area contributed by atoms with E-state index in [-0.39, 0.29) is 32.0 Å². The second kappa shape index (κ2) is 38.4. The molecule has 0 fully saturated rings. The van der Waals surface area contributed by atoms with Crippen LogP contribution >= 0.6 is 7.82 Å². The van der Waals surface area contributed by atoms with E-state index in [4.69, 9.17) is 18.5 Å². The molecule has 0 aromatic rings. The van der Waals surface area contributed by atoms with Crippen molar-refractivity contribution in [3.8, 4) is 0 Å². The summed E-state index contributed by atoms with van der Waals surface area (Å²) in [6, 6.07) is 0. The first-order valence-corrected chi connectivity index (χ1v) is 24.3. The maximum atomic E-state index is 12.7. The van der Waals surface area contributed by atoms with E-state index in [0.717, 1.165) is 57.8 Å². The average Bonchev–Trinajstić information content (AvgIpc) is 3.15. The number of rotatable bonds is 41. The summed E-state index contributed by atoms with van der Waals surface area (Å²) < 4.78 is 34.3. The molecule has 10 nitrogen and oxygen atoms in total. The third-order valence-electron chi connectivity index (χ3n) is 9.76. The Balaban J connectivity index is 4.37. The molecule has 0 amide bonds. The maximum Gasteiger partial charge on any atom is 0.472 e. The van der Waals surface area contributed by atoms with Crippen molar-refractivity contribution in [1.82, 2.24) is 0 Å². The lowest BCUT2D eigenvalue weighted by atomic mass is 10.0. The molecule has 0 bridgehead atoms. The lowest BCUT2D eigenvalue weighted by Crippen LogP contribution is -2.37. The number of quaternary nitrogens is 1. The molecule has 2 unspecified atom stereocenters. The van der Waals surface area contributed by atoms with Crippen LogP contribution in [0.15, 0.2) is 36.5 Å². The van der Waals surface area contributed by atoms with Crippen LogP contribution in [0.2, 0.25) is 0 Å². The Kier molecular flexibility index (Phi) is 37.2. The first kappa shape index (κ1) is 55.2. The van der Waals surface area contributed by atoms with Crippen molar-refractivity contribution in [3.05, 3.63) is 36.5 Å². The Hall–Kier alpha value is -1.81. The highest BCUT2D eigenvalue weighted by molar-refractivity contribution is 7.47. The molecule has 11 heteroatoms. The van der Waals surface area contributed by atoms with Crippen molar-refractivity contribution < 1.29 is 47.2 Å². The fourth-order valence-corrected chi connectivity index (χ4v) is 6.91. The highest BCUT2D eigenvalue weighted by Gasteiger charge is 2.27. The number of carbonyl (C=O) groups excluding carboxylic acids is 2. The molecule has 0 aromatic carbocycles. The van der Waals surface area contributed by atoms with E-state index in [1.807, 2.05) is 45.4 Å². The second-order valence-corrected chi connectivity index (χ2v) is 18.1. The van der Waals surface area contributed by atoms with E-state index in [1.165, 1.54) is 89.9 Å². The summed E-state index contributed by atoms with van der Waals surface area (Å²) in [6.45, 7) is 4.18. The lowest BCUT2D eigenvalue weighted by molar-refractivity contribution is -0.870. The molecular formula is C46H87NO9P+. The van der Waals surface area contributed by atoms with Gasteiger partial charge in [-0.05, 0) is 38.5 Å². The standard InChI is InChI=1S/C46H86NO9P/c1-6-8-10-11-12-13-14-15-16-17-18-19-20-23-26-29-33-37-45(49)53-41-44(42-55-57(51,52)54-40-39-47(3,4)5)56-46(50)38-34-30-27-24-21-22-25-28-32-36-43(48)35-31-9-7-2/h9,25,28,31-32,36,43-44,48H,6-8,10-24,26-27,29-30,33-35,37-42H2,1-5H3/p+1/b28-25+,31-9+,36-32+/t43?,44-/m1/s1. The Morgan fingerprint density at radius 2 is 1.14 bits per heavy atom. The predicted octanol–water partition coefficient (Wildman–Crippen LogP) is 11.9. The van der Waals surface area contributed by atoms with Gasteiger partial charge in [-0.1, -0.05) is 172 Å². The van der Waals surface area contributed by atoms with E-state index in [0.29, 0.717) is 23.9 Å². The summed E-state index contributed by atoms with van der Waals surface area (Å²) in [5, 5.41) is 9.89. The molecule has 0 saturated heterocycles. The number of nitrogens with zero attached hydrogens (tertiary/aromatic N) is 1. The fraction of sp³-hybridized carbons (Fsp3) is 0.826. The summed E-state index contributed by atoms with van der Waals surface area (Å²) in [4.78, 5) is 35.4. The quantitative estimate of drug-likeness (QED) is 0.0154. The molecule has 0 rings (SSSR count). The van der Waals surface area contributed by atoms with Crippen LogP contribution in [0, 0.1) is 0 Å². The van der Waals surface area contributed by atoms with Gasteiger partial charge >= 0.3 is 19.8 Å². The van der Waals surface area contributed by atoms with Gasteiger partial charge < -0.3 is 24.0 Å². The number of aliphatic hydroxyl groups excluding tert-OH is 1. The molecule has 0 heterocycles. The number of ether oxygens (including phenoxy) is 2. The van der Waals surface area contributed by atoms with Crippen molar-refractivity contribution in [2.24, 2.45) is 0 Å². The lowest BCUT2D eigenvalue weighted by Gasteiger charge is -2.24. The van der Waals surface area contributed by atoms with Crippen LogP contribution in [0.3, 0.4) is 0 Å². The van der Waals surface area contributed by atoms with Crippen LogP contribution < -0.4 is 0 Å². The van der Waals surface area contributed by atoms with Crippen LogP contribution in [0.4, 0.5) is 0 Å². The van der Waals surface area contributed by atoms with Gasteiger partial charge in [0.05, 0.1) is 33.9 Å². The third-order valence-corrected chi connectivity index (χ3v) is 10.7. The molecule has 334 valence electrons. The predicted molar refractivity (Wildman–Crippen MR) is 235 cm³/mol. The van der Waals surface area contributed by atoms with Crippen LogP contribution in [0.5, 0.6) is 0 Å². The highest BCUT2D eigenvalue weighted by atomic mass is 31.2. The van der Waals surface area contributed by atoms with Crippen molar-refractivity contribution in [3.63, 3.8) is 0 Å². The third kappa shape index (κ3) is 42.1. The number of allylic oxidation sites excluding steroid dienone is 4. The number of hydrogen-bond acceptors (Lipinski definition) is 8. The molecule has 0 aromatic heterocycles. The minimum Gasteiger partial charge on any atom is -0.462 e. The first-order chi connectivity index (χ1) is 27.4. The zero-order valence-corrected chi connectivity index (χ0v) is 38.1. The molecular weight excluding hydrogens is 741 g/mol. The Labute approximate surface area is 349 Å². The van der Waals surface area contributed by atoms with Gasteiger partial charge in [-0.3, -0.25) is 18.6 Å².